The van der Waals surface area contributed by atoms with Gasteiger partial charge in [-0.25, -0.2) is 0 Å². The van der Waals surface area contributed by atoms with Gasteiger partial charge < -0.3 is 9.47 Å². The molecule has 24 heavy (non-hydrogen) atoms. The van der Waals surface area contributed by atoms with Gasteiger partial charge in [-0.1, -0.05) is 12.1 Å². The minimum atomic E-state index is -2.80. The molecule has 0 amide bonds. The van der Waals surface area contributed by atoms with Crippen molar-refractivity contribution >= 4 is 0 Å². The molecule has 1 saturated heterocycles. The zero-order chi connectivity index (χ0) is 16.8. The van der Waals surface area contributed by atoms with Crippen molar-refractivity contribution in [3.05, 3.63) is 59.9 Å². The van der Waals surface area contributed by atoms with Crippen molar-refractivity contribution < 1.29 is 18.3 Å². The van der Waals surface area contributed by atoms with Crippen molar-refractivity contribution in [3.63, 3.8) is 0 Å². The third-order valence-electron chi connectivity index (χ3n) is 4.09. The van der Waals surface area contributed by atoms with Crippen molar-refractivity contribution in [2.45, 2.75) is 19.1 Å². The van der Waals surface area contributed by atoms with E-state index in [1.807, 2.05) is 12.1 Å². The van der Waals surface area contributed by atoms with Crippen LogP contribution < -0.4 is 4.74 Å². The fourth-order valence-corrected chi connectivity index (χ4v) is 2.81. The van der Waals surface area contributed by atoms with Crippen molar-refractivity contribution in [2.24, 2.45) is 0 Å². The Balaban J connectivity index is 1.55. The zero-order valence-corrected chi connectivity index (χ0v) is 13.3. The van der Waals surface area contributed by atoms with E-state index in [9.17, 15) is 8.78 Å². The van der Waals surface area contributed by atoms with Crippen LogP contribution in [0.2, 0.25) is 0 Å². The molecule has 1 fully saturated rings. The van der Waals surface area contributed by atoms with Gasteiger partial charge in [-0.2, -0.15) is 8.78 Å². The molecule has 6 heteroatoms. The number of ether oxygens (including phenoxy) is 2. The second-order valence-electron chi connectivity index (χ2n) is 5.71. The number of benzene rings is 1. The topological polar surface area (TPSA) is 34.6 Å². The summed E-state index contributed by atoms with van der Waals surface area (Å²) < 4.78 is 34.6. The van der Waals surface area contributed by atoms with Gasteiger partial charge in [-0.3, -0.25) is 9.88 Å². The van der Waals surface area contributed by atoms with Gasteiger partial charge in [0, 0.05) is 32.0 Å². The number of pyridine rings is 1. The Hall–Kier alpha value is -2.05. The van der Waals surface area contributed by atoms with E-state index in [1.54, 1.807) is 36.7 Å². The van der Waals surface area contributed by atoms with E-state index in [4.69, 9.17) is 4.74 Å². The summed E-state index contributed by atoms with van der Waals surface area (Å²) >= 11 is 0. The van der Waals surface area contributed by atoms with E-state index in [0.717, 1.165) is 31.6 Å². The van der Waals surface area contributed by atoms with Crippen LogP contribution in [0.3, 0.4) is 0 Å². The summed E-state index contributed by atoms with van der Waals surface area (Å²) in [7, 11) is 0. The highest BCUT2D eigenvalue weighted by Crippen LogP contribution is 2.25. The van der Waals surface area contributed by atoms with Crippen LogP contribution in [0, 0.1) is 0 Å². The summed E-state index contributed by atoms with van der Waals surface area (Å²) in [6.45, 7) is 0.506. The predicted octanol–water partition coefficient (Wildman–Crippen LogP) is 3.30. The van der Waals surface area contributed by atoms with Gasteiger partial charge in [-0.15, -0.1) is 0 Å². The van der Waals surface area contributed by atoms with Crippen LogP contribution in [0.25, 0.3) is 0 Å². The highest BCUT2D eigenvalue weighted by atomic mass is 19.3. The molecule has 0 bridgehead atoms. The number of morpholine rings is 1. The predicted molar refractivity (Wildman–Crippen MR) is 86.1 cm³/mol. The number of rotatable bonds is 6. The van der Waals surface area contributed by atoms with E-state index in [0.29, 0.717) is 6.61 Å². The number of aromatic nitrogens is 1. The molecule has 128 valence electrons. The van der Waals surface area contributed by atoms with Crippen LogP contribution in [0.1, 0.15) is 17.2 Å². The summed E-state index contributed by atoms with van der Waals surface area (Å²) in [4.78, 5) is 6.39. The summed E-state index contributed by atoms with van der Waals surface area (Å²) in [5.74, 6) is 0.166. The monoisotopic (exact) mass is 334 g/mol. The Labute approximate surface area is 140 Å². The molecular weight excluding hydrogens is 314 g/mol. The lowest BCUT2D eigenvalue weighted by Gasteiger charge is -2.33. The Bertz CT molecular complexity index is 623. The van der Waals surface area contributed by atoms with Crippen LogP contribution in [0.5, 0.6) is 5.75 Å². The smallest absolute Gasteiger partial charge is 0.387 e. The molecule has 0 saturated carbocycles. The maximum atomic E-state index is 12.2. The molecule has 3 rings (SSSR count). The van der Waals surface area contributed by atoms with Crippen LogP contribution in [-0.2, 0) is 11.2 Å². The second-order valence-corrected chi connectivity index (χ2v) is 5.71. The minimum absolute atomic E-state index is 0.0446. The lowest BCUT2D eigenvalue weighted by atomic mass is 10.1. The van der Waals surface area contributed by atoms with Crippen molar-refractivity contribution in [2.75, 3.05) is 26.2 Å². The van der Waals surface area contributed by atoms with Crippen LogP contribution >= 0.6 is 0 Å². The van der Waals surface area contributed by atoms with E-state index < -0.39 is 6.61 Å². The van der Waals surface area contributed by atoms with E-state index in [-0.39, 0.29) is 11.9 Å². The molecule has 0 radical (unpaired) electrons. The molecule has 0 spiro atoms. The van der Waals surface area contributed by atoms with Crippen LogP contribution in [0.15, 0.2) is 48.8 Å². The van der Waals surface area contributed by atoms with Gasteiger partial charge >= 0.3 is 6.61 Å². The summed E-state index contributed by atoms with van der Waals surface area (Å²) in [5, 5.41) is 0. The molecule has 2 aromatic rings. The first-order valence-electron chi connectivity index (χ1n) is 7.98. The van der Waals surface area contributed by atoms with E-state index in [2.05, 4.69) is 14.6 Å². The van der Waals surface area contributed by atoms with Crippen LogP contribution in [0.4, 0.5) is 8.78 Å². The molecule has 1 aromatic heterocycles. The molecule has 2 heterocycles. The first-order valence-corrected chi connectivity index (χ1v) is 7.98. The van der Waals surface area contributed by atoms with Gasteiger partial charge in [0.1, 0.15) is 5.75 Å². The van der Waals surface area contributed by atoms with Crippen molar-refractivity contribution in [1.29, 1.82) is 0 Å². The lowest BCUT2D eigenvalue weighted by molar-refractivity contribution is -0.0500. The van der Waals surface area contributed by atoms with Gasteiger partial charge in [0.2, 0.25) is 0 Å². The third-order valence-corrected chi connectivity index (χ3v) is 4.09. The molecule has 1 atom stereocenters. The fourth-order valence-electron chi connectivity index (χ4n) is 2.81. The summed E-state index contributed by atoms with van der Waals surface area (Å²) in [5.41, 5.74) is 2.24. The Kier molecular flexibility index (Phi) is 5.72. The van der Waals surface area contributed by atoms with Gasteiger partial charge in [0.05, 0.1) is 12.7 Å². The van der Waals surface area contributed by atoms with Crippen LogP contribution in [-0.4, -0.2) is 42.7 Å². The van der Waals surface area contributed by atoms with Crippen molar-refractivity contribution in [1.82, 2.24) is 9.88 Å². The van der Waals surface area contributed by atoms with Gasteiger partial charge in [0.15, 0.2) is 0 Å². The highest BCUT2D eigenvalue weighted by Gasteiger charge is 2.21. The Morgan fingerprint density at radius 1 is 1.17 bits per heavy atom. The Morgan fingerprint density at radius 2 is 1.92 bits per heavy atom. The molecule has 1 aromatic carbocycles. The quantitative estimate of drug-likeness (QED) is 0.812. The number of nitrogens with zero attached hydrogens (tertiary/aromatic N) is 2. The second kappa shape index (κ2) is 8.17. The average Bonchev–Trinajstić information content (AvgIpc) is 2.61. The summed E-state index contributed by atoms with van der Waals surface area (Å²) in [6.07, 6.45) is 4.54. The number of halogens is 2. The van der Waals surface area contributed by atoms with Crippen molar-refractivity contribution in [3.8, 4) is 5.75 Å². The largest absolute Gasteiger partial charge is 0.435 e. The Morgan fingerprint density at radius 3 is 2.62 bits per heavy atom. The maximum absolute atomic E-state index is 12.2. The normalized spacial score (nSPS) is 18.7. The molecule has 1 aliphatic heterocycles. The first-order chi connectivity index (χ1) is 11.7. The number of hydrogen-bond donors (Lipinski definition) is 0. The van der Waals surface area contributed by atoms with E-state index >= 15 is 0 Å². The number of hydrogen-bond acceptors (Lipinski definition) is 4. The highest BCUT2D eigenvalue weighted by molar-refractivity contribution is 5.29. The standard InChI is InChI=1S/C18H20F2N2O2/c19-18(20)24-16-3-1-15(2-4-16)17-13-22(11-12-23-17)10-7-14-5-8-21-9-6-14/h1-6,8-9,17-18H,7,10-13H2/t17-/m0/s1. The SMILES string of the molecule is FC(F)Oc1ccc([C@@H]2CN(CCc3ccncc3)CCO2)cc1. The minimum Gasteiger partial charge on any atom is -0.435 e. The summed E-state index contributed by atoms with van der Waals surface area (Å²) in [6, 6.07) is 10.7. The number of alkyl halides is 2. The lowest BCUT2D eigenvalue weighted by Crippen LogP contribution is -2.39. The maximum Gasteiger partial charge on any atom is 0.387 e. The van der Waals surface area contributed by atoms with Gasteiger partial charge in [0.25, 0.3) is 0 Å². The fraction of sp³-hybridized carbons (Fsp3) is 0.389. The molecule has 4 nitrogen and oxygen atoms in total. The molecule has 0 aliphatic carbocycles. The zero-order valence-electron chi connectivity index (χ0n) is 13.3. The third kappa shape index (κ3) is 4.72. The molecule has 0 N–H and O–H groups in total. The molecule has 1 aliphatic rings. The average molecular weight is 334 g/mol. The first kappa shape index (κ1) is 16.8. The molecule has 0 unspecified atom stereocenters. The van der Waals surface area contributed by atoms with Gasteiger partial charge in [-0.05, 0) is 41.8 Å². The van der Waals surface area contributed by atoms with E-state index in [1.165, 1.54) is 5.56 Å². The molecular formula is C18H20F2N2O2.